The third-order valence-electron chi connectivity index (χ3n) is 5.04. The van der Waals surface area contributed by atoms with Gasteiger partial charge in [0.05, 0.1) is 5.52 Å². The Morgan fingerprint density at radius 3 is 2.48 bits per heavy atom. The summed E-state index contributed by atoms with van der Waals surface area (Å²) in [5, 5.41) is 4.03. The van der Waals surface area contributed by atoms with Crippen LogP contribution in [-0.4, -0.2) is 47.2 Å². The van der Waals surface area contributed by atoms with E-state index in [4.69, 9.17) is 0 Å². The molecular weight excluding hydrogens is 405 g/mol. The zero-order chi connectivity index (χ0) is 21.0. The predicted octanol–water partition coefficient (Wildman–Crippen LogP) is 3.35. The Balaban J connectivity index is 1.94. The highest BCUT2D eigenvalue weighted by Crippen LogP contribution is 2.37. The molecule has 3 heterocycles. The number of nitrogens with zero attached hydrogens (tertiary/aromatic N) is 4. The van der Waals surface area contributed by atoms with Crippen molar-refractivity contribution in [1.29, 1.82) is 0 Å². The number of rotatable bonds is 3. The maximum absolute atomic E-state index is 13.4. The summed E-state index contributed by atoms with van der Waals surface area (Å²) in [6, 6.07) is 6.82. The van der Waals surface area contributed by atoms with Crippen molar-refractivity contribution in [2.24, 2.45) is 7.05 Å². The summed E-state index contributed by atoms with van der Waals surface area (Å²) in [5.41, 5.74) is 0.613. The minimum Gasteiger partial charge on any atom is -0.302 e. The lowest BCUT2D eigenvalue weighted by atomic mass is 9.99. The molecule has 0 fully saturated rings. The molecule has 1 aromatic carbocycles. The maximum atomic E-state index is 13.4. The van der Waals surface area contributed by atoms with Gasteiger partial charge in [-0.25, -0.2) is 12.4 Å². The van der Waals surface area contributed by atoms with E-state index in [1.807, 2.05) is 13.1 Å². The number of alkyl halides is 3. The van der Waals surface area contributed by atoms with E-state index in [1.54, 1.807) is 24.3 Å². The summed E-state index contributed by atoms with van der Waals surface area (Å²) in [6.45, 7) is 1.54. The van der Waals surface area contributed by atoms with E-state index < -0.39 is 26.8 Å². The first-order valence-corrected chi connectivity index (χ1v) is 10.4. The molecule has 0 atom stereocenters. The molecule has 0 saturated heterocycles. The summed E-state index contributed by atoms with van der Waals surface area (Å²) in [5.74, 6) is 0. The zero-order valence-electron chi connectivity index (χ0n) is 15.8. The van der Waals surface area contributed by atoms with Crippen LogP contribution in [-0.2, 0) is 23.2 Å². The molecule has 0 N–H and O–H groups in total. The highest BCUT2D eigenvalue weighted by atomic mass is 32.2. The molecule has 0 bridgehead atoms. The van der Waals surface area contributed by atoms with E-state index in [-0.39, 0.29) is 0 Å². The summed E-state index contributed by atoms with van der Waals surface area (Å²) in [6.07, 6.45) is 0.177. The number of hydrogen-bond acceptors (Lipinski definition) is 4. The van der Waals surface area contributed by atoms with Gasteiger partial charge in [0.1, 0.15) is 4.90 Å². The zero-order valence-corrected chi connectivity index (χ0v) is 16.6. The normalized spacial score (nSPS) is 16.4. The van der Waals surface area contributed by atoms with Crippen LogP contribution in [0.1, 0.15) is 17.7 Å². The molecule has 6 nitrogen and oxygen atoms in total. The van der Waals surface area contributed by atoms with Crippen molar-refractivity contribution in [2.45, 2.75) is 17.5 Å². The van der Waals surface area contributed by atoms with Crippen LogP contribution in [0.4, 0.5) is 13.2 Å². The van der Waals surface area contributed by atoms with Crippen LogP contribution in [0.3, 0.4) is 0 Å². The number of benzene rings is 1. The number of hydrogen-bond donors (Lipinski definition) is 0. The van der Waals surface area contributed by atoms with Gasteiger partial charge in [0, 0.05) is 43.5 Å². The lowest BCUT2D eigenvalue weighted by Crippen LogP contribution is -2.23. The van der Waals surface area contributed by atoms with Gasteiger partial charge < -0.3 is 4.90 Å². The number of aromatic nitrogens is 3. The van der Waals surface area contributed by atoms with E-state index in [2.05, 4.69) is 10.00 Å². The first-order valence-electron chi connectivity index (χ1n) is 8.93. The van der Waals surface area contributed by atoms with Crippen LogP contribution in [0.25, 0.3) is 16.5 Å². The average Bonchev–Trinajstić information content (AvgIpc) is 3.24. The monoisotopic (exact) mass is 424 g/mol. The second kappa shape index (κ2) is 6.74. The number of likely N-dealkylation sites (N-methyl/N-ethyl adjacent to an activating group) is 1. The van der Waals surface area contributed by atoms with Crippen molar-refractivity contribution in [3.63, 3.8) is 0 Å². The molecule has 0 radical (unpaired) electrons. The predicted molar refractivity (Wildman–Crippen MR) is 103 cm³/mol. The molecular formula is C19H19F3N4O2S. The highest BCUT2D eigenvalue weighted by molar-refractivity contribution is 7.90. The van der Waals surface area contributed by atoms with Crippen LogP contribution in [0.5, 0.6) is 0 Å². The van der Waals surface area contributed by atoms with Gasteiger partial charge in [0.15, 0.2) is 5.69 Å². The fourth-order valence-corrected chi connectivity index (χ4v) is 5.14. The Morgan fingerprint density at radius 2 is 1.83 bits per heavy atom. The summed E-state index contributed by atoms with van der Waals surface area (Å²) in [4.78, 5) is 1.27. The van der Waals surface area contributed by atoms with Crippen LogP contribution >= 0.6 is 0 Å². The standard InChI is InChI=1S/C19H19F3N4O2S/c1-24-9-7-13(8-10-24)15-11-26(16-6-4-3-5-14(15)16)29(27,28)17-12-25(2)23-18(17)19(20,21)22/h3-7,11-12H,8-10H2,1-2H3. The molecule has 10 heteroatoms. The van der Waals surface area contributed by atoms with Crippen LogP contribution < -0.4 is 0 Å². The molecule has 1 aliphatic heterocycles. The van der Waals surface area contributed by atoms with Crippen LogP contribution in [0, 0.1) is 0 Å². The van der Waals surface area contributed by atoms with Crippen molar-refractivity contribution in [3.05, 3.63) is 54.0 Å². The van der Waals surface area contributed by atoms with Gasteiger partial charge in [-0.3, -0.25) is 4.68 Å². The minimum atomic E-state index is -4.88. The lowest BCUT2D eigenvalue weighted by molar-refractivity contribution is -0.143. The number of aryl methyl sites for hydroxylation is 1. The third-order valence-corrected chi connectivity index (χ3v) is 6.71. The fourth-order valence-electron chi connectivity index (χ4n) is 3.58. The Morgan fingerprint density at radius 1 is 1.10 bits per heavy atom. The van der Waals surface area contributed by atoms with E-state index in [9.17, 15) is 21.6 Å². The molecule has 0 aliphatic carbocycles. The molecule has 2 aromatic heterocycles. The molecule has 4 rings (SSSR count). The third kappa shape index (κ3) is 3.36. The highest BCUT2D eigenvalue weighted by Gasteiger charge is 2.42. The molecule has 0 unspecified atom stereocenters. The van der Waals surface area contributed by atoms with Crippen molar-refractivity contribution in [2.75, 3.05) is 20.1 Å². The number of fused-ring (bicyclic) bond motifs is 1. The van der Waals surface area contributed by atoms with E-state index in [1.165, 1.54) is 13.2 Å². The Labute approximate surface area is 165 Å². The second-order valence-corrected chi connectivity index (χ2v) is 8.90. The summed E-state index contributed by atoms with van der Waals surface area (Å²) >= 11 is 0. The number of para-hydroxylation sites is 1. The van der Waals surface area contributed by atoms with Gasteiger partial charge in [-0.1, -0.05) is 24.3 Å². The van der Waals surface area contributed by atoms with E-state index in [0.29, 0.717) is 10.9 Å². The summed E-state index contributed by atoms with van der Waals surface area (Å²) in [7, 11) is -1.26. The van der Waals surface area contributed by atoms with Crippen molar-refractivity contribution >= 4 is 26.5 Å². The van der Waals surface area contributed by atoms with Gasteiger partial charge in [0.25, 0.3) is 10.0 Å². The molecule has 29 heavy (non-hydrogen) atoms. The molecule has 1 aliphatic rings. The molecule has 0 amide bonds. The van der Waals surface area contributed by atoms with Gasteiger partial charge in [-0.2, -0.15) is 18.3 Å². The molecule has 3 aromatic rings. The Kier molecular flexibility index (Phi) is 4.58. The lowest BCUT2D eigenvalue weighted by Gasteiger charge is -2.21. The van der Waals surface area contributed by atoms with Gasteiger partial charge in [0.2, 0.25) is 0 Å². The van der Waals surface area contributed by atoms with Gasteiger partial charge in [-0.15, -0.1) is 0 Å². The van der Waals surface area contributed by atoms with Crippen LogP contribution in [0.15, 0.2) is 47.6 Å². The second-order valence-electron chi connectivity index (χ2n) is 7.12. The van der Waals surface area contributed by atoms with Crippen molar-refractivity contribution in [1.82, 2.24) is 18.7 Å². The quantitative estimate of drug-likeness (QED) is 0.647. The van der Waals surface area contributed by atoms with Gasteiger partial charge >= 0.3 is 6.18 Å². The first-order chi connectivity index (χ1) is 13.6. The maximum Gasteiger partial charge on any atom is 0.436 e. The topological polar surface area (TPSA) is 60.1 Å². The van der Waals surface area contributed by atoms with Gasteiger partial charge in [-0.05, 0) is 25.1 Å². The number of halogens is 3. The SMILES string of the molecule is CN1CC=C(c2cn(S(=O)(=O)c3cn(C)nc3C(F)(F)F)c3ccccc23)CC1. The van der Waals surface area contributed by atoms with E-state index >= 15 is 0 Å². The Bertz CT molecular complexity index is 1220. The smallest absolute Gasteiger partial charge is 0.302 e. The minimum absolute atomic E-state index is 0.333. The first kappa shape index (κ1) is 19.7. The molecule has 0 spiro atoms. The molecule has 154 valence electrons. The molecule has 0 saturated carbocycles. The fraction of sp³-hybridized carbons (Fsp3) is 0.316. The summed E-state index contributed by atoms with van der Waals surface area (Å²) < 4.78 is 68.5. The van der Waals surface area contributed by atoms with Crippen molar-refractivity contribution < 1.29 is 21.6 Å². The van der Waals surface area contributed by atoms with E-state index in [0.717, 1.165) is 45.5 Å². The van der Waals surface area contributed by atoms with Crippen LogP contribution in [0.2, 0.25) is 0 Å². The largest absolute Gasteiger partial charge is 0.436 e. The average molecular weight is 424 g/mol. The Hall–Kier alpha value is -2.59. The van der Waals surface area contributed by atoms with Crippen molar-refractivity contribution in [3.8, 4) is 0 Å².